The molecule has 1 aromatic heterocycles. The molecule has 0 spiro atoms. The highest BCUT2D eigenvalue weighted by Gasteiger charge is 2.09. The van der Waals surface area contributed by atoms with Crippen molar-refractivity contribution in [3.8, 4) is 0 Å². The van der Waals surface area contributed by atoms with Crippen molar-refractivity contribution in [3.05, 3.63) is 51.9 Å². The lowest BCUT2D eigenvalue weighted by molar-refractivity contribution is 0.102. The van der Waals surface area contributed by atoms with E-state index in [1.165, 1.54) is 6.20 Å². The van der Waals surface area contributed by atoms with Crippen molar-refractivity contribution in [2.24, 2.45) is 0 Å². The number of rotatable bonds is 2. The van der Waals surface area contributed by atoms with Gasteiger partial charge in [-0.3, -0.25) is 9.78 Å². The van der Waals surface area contributed by atoms with E-state index in [9.17, 15) is 4.79 Å². The fourth-order valence-electron chi connectivity index (χ4n) is 1.37. The topological polar surface area (TPSA) is 68.0 Å². The number of benzene rings is 1. The molecule has 5 heteroatoms. The summed E-state index contributed by atoms with van der Waals surface area (Å²) in [6.45, 7) is 0. The SMILES string of the molecule is Nc1cncc(NC(=O)c2ccccc2I)c1. The number of nitrogen functional groups attached to an aromatic ring is 1. The number of pyridine rings is 1. The van der Waals surface area contributed by atoms with Gasteiger partial charge in [-0.15, -0.1) is 0 Å². The zero-order valence-electron chi connectivity index (χ0n) is 8.85. The summed E-state index contributed by atoms with van der Waals surface area (Å²) in [6.07, 6.45) is 3.09. The summed E-state index contributed by atoms with van der Waals surface area (Å²) < 4.78 is 0.902. The van der Waals surface area contributed by atoms with Gasteiger partial charge in [0.25, 0.3) is 5.91 Å². The van der Waals surface area contributed by atoms with E-state index in [0.29, 0.717) is 16.9 Å². The van der Waals surface area contributed by atoms with Crippen LogP contribution in [0, 0.1) is 3.57 Å². The van der Waals surface area contributed by atoms with Crippen LogP contribution in [0.2, 0.25) is 0 Å². The Labute approximate surface area is 112 Å². The lowest BCUT2D eigenvalue weighted by Crippen LogP contribution is -2.13. The lowest BCUT2D eigenvalue weighted by atomic mass is 10.2. The molecule has 3 N–H and O–H groups in total. The number of nitrogens with zero attached hydrogens (tertiary/aromatic N) is 1. The predicted molar refractivity (Wildman–Crippen MR) is 75.8 cm³/mol. The van der Waals surface area contributed by atoms with Gasteiger partial charge in [0.2, 0.25) is 0 Å². The van der Waals surface area contributed by atoms with Gasteiger partial charge in [0, 0.05) is 9.77 Å². The van der Waals surface area contributed by atoms with Crippen molar-refractivity contribution in [1.82, 2.24) is 4.98 Å². The second-order valence-corrected chi connectivity index (χ2v) is 4.60. The van der Waals surface area contributed by atoms with Gasteiger partial charge in [-0.25, -0.2) is 0 Å². The number of nitrogens with two attached hydrogens (primary N) is 1. The number of halogens is 1. The first-order valence-electron chi connectivity index (χ1n) is 4.93. The fourth-order valence-corrected chi connectivity index (χ4v) is 2.00. The van der Waals surface area contributed by atoms with Gasteiger partial charge >= 0.3 is 0 Å². The van der Waals surface area contributed by atoms with Crippen LogP contribution in [0.5, 0.6) is 0 Å². The van der Waals surface area contributed by atoms with Crippen molar-refractivity contribution in [2.45, 2.75) is 0 Å². The van der Waals surface area contributed by atoms with Gasteiger partial charge in [0.05, 0.1) is 23.1 Å². The summed E-state index contributed by atoms with van der Waals surface area (Å²) in [5.41, 5.74) is 7.33. The third kappa shape index (κ3) is 2.94. The summed E-state index contributed by atoms with van der Waals surface area (Å²) in [5.74, 6) is -0.164. The average molecular weight is 339 g/mol. The molecule has 17 heavy (non-hydrogen) atoms. The molecule has 1 aromatic carbocycles. The Morgan fingerprint density at radius 2 is 2.06 bits per heavy atom. The molecule has 0 fully saturated rings. The maximum absolute atomic E-state index is 12.0. The highest BCUT2D eigenvalue weighted by atomic mass is 127. The van der Waals surface area contributed by atoms with Crippen molar-refractivity contribution in [1.29, 1.82) is 0 Å². The molecule has 86 valence electrons. The summed E-state index contributed by atoms with van der Waals surface area (Å²) >= 11 is 2.12. The maximum Gasteiger partial charge on any atom is 0.256 e. The molecule has 2 aromatic rings. The number of hydrogen-bond donors (Lipinski definition) is 2. The summed E-state index contributed by atoms with van der Waals surface area (Å²) in [7, 11) is 0. The summed E-state index contributed by atoms with van der Waals surface area (Å²) in [5, 5.41) is 2.75. The standard InChI is InChI=1S/C12H10IN3O/c13-11-4-2-1-3-10(11)12(17)16-9-5-8(14)6-15-7-9/h1-7H,14H2,(H,16,17). The number of carbonyl (C=O) groups is 1. The molecule has 0 bridgehead atoms. The van der Waals surface area contributed by atoms with E-state index < -0.39 is 0 Å². The number of aromatic nitrogens is 1. The molecule has 0 saturated carbocycles. The number of anilines is 2. The van der Waals surface area contributed by atoms with Crippen LogP contribution < -0.4 is 11.1 Å². The first kappa shape index (κ1) is 11.8. The first-order chi connectivity index (χ1) is 8.16. The third-order valence-electron chi connectivity index (χ3n) is 2.14. The first-order valence-corrected chi connectivity index (χ1v) is 6.01. The molecule has 0 aliphatic carbocycles. The molecule has 4 nitrogen and oxygen atoms in total. The Morgan fingerprint density at radius 3 is 2.76 bits per heavy atom. The Balaban J connectivity index is 2.20. The van der Waals surface area contributed by atoms with Crippen molar-refractivity contribution < 1.29 is 4.79 Å². The van der Waals surface area contributed by atoms with E-state index in [2.05, 4.69) is 32.9 Å². The van der Waals surface area contributed by atoms with Crippen LogP contribution in [-0.2, 0) is 0 Å². The highest BCUT2D eigenvalue weighted by molar-refractivity contribution is 14.1. The van der Waals surface area contributed by atoms with E-state index in [-0.39, 0.29) is 5.91 Å². The van der Waals surface area contributed by atoms with Crippen LogP contribution in [0.15, 0.2) is 42.7 Å². The normalized spacial score (nSPS) is 9.94. The summed E-state index contributed by atoms with van der Waals surface area (Å²) in [6, 6.07) is 9.04. The highest BCUT2D eigenvalue weighted by Crippen LogP contribution is 2.15. The van der Waals surface area contributed by atoms with Crippen molar-refractivity contribution in [3.63, 3.8) is 0 Å². The predicted octanol–water partition coefficient (Wildman–Crippen LogP) is 2.52. The average Bonchev–Trinajstić information content (AvgIpc) is 2.29. The number of nitrogens with one attached hydrogen (secondary N) is 1. The Kier molecular flexibility index (Phi) is 3.58. The molecule has 0 aliphatic rings. The molecule has 0 radical (unpaired) electrons. The van der Waals surface area contributed by atoms with Crippen LogP contribution in [-0.4, -0.2) is 10.9 Å². The van der Waals surface area contributed by atoms with E-state index in [0.717, 1.165) is 3.57 Å². The zero-order chi connectivity index (χ0) is 12.3. The molecular formula is C12H10IN3O. The Bertz CT molecular complexity index is 557. The lowest BCUT2D eigenvalue weighted by Gasteiger charge is -2.06. The van der Waals surface area contributed by atoms with Crippen LogP contribution in [0.4, 0.5) is 11.4 Å². The van der Waals surface area contributed by atoms with Gasteiger partial charge in [0.15, 0.2) is 0 Å². The molecule has 0 unspecified atom stereocenters. The minimum Gasteiger partial charge on any atom is -0.397 e. The smallest absolute Gasteiger partial charge is 0.256 e. The van der Waals surface area contributed by atoms with Crippen LogP contribution in [0.3, 0.4) is 0 Å². The number of carbonyl (C=O) groups excluding carboxylic acids is 1. The zero-order valence-corrected chi connectivity index (χ0v) is 11.0. The van der Waals surface area contributed by atoms with E-state index >= 15 is 0 Å². The molecule has 0 aliphatic heterocycles. The quantitative estimate of drug-likeness (QED) is 0.827. The monoisotopic (exact) mass is 339 g/mol. The minimum absolute atomic E-state index is 0.164. The fraction of sp³-hybridized carbons (Fsp3) is 0. The van der Waals surface area contributed by atoms with Gasteiger partial charge in [-0.2, -0.15) is 0 Å². The number of hydrogen-bond acceptors (Lipinski definition) is 3. The van der Waals surface area contributed by atoms with Gasteiger partial charge in [-0.1, -0.05) is 12.1 Å². The van der Waals surface area contributed by atoms with E-state index in [1.54, 1.807) is 18.3 Å². The van der Waals surface area contributed by atoms with Crippen molar-refractivity contribution >= 4 is 39.9 Å². The molecule has 2 rings (SSSR count). The third-order valence-corrected chi connectivity index (χ3v) is 3.08. The van der Waals surface area contributed by atoms with Gasteiger partial charge in [-0.05, 0) is 40.8 Å². The number of amides is 1. The second kappa shape index (κ2) is 5.13. The van der Waals surface area contributed by atoms with Gasteiger partial charge in [0.1, 0.15) is 0 Å². The molecule has 0 saturated heterocycles. The maximum atomic E-state index is 12.0. The molecule has 0 atom stereocenters. The molecule has 1 heterocycles. The van der Waals surface area contributed by atoms with Crippen LogP contribution >= 0.6 is 22.6 Å². The van der Waals surface area contributed by atoms with Gasteiger partial charge < -0.3 is 11.1 Å². The summed E-state index contributed by atoms with van der Waals surface area (Å²) in [4.78, 5) is 15.9. The Morgan fingerprint density at radius 1 is 1.29 bits per heavy atom. The van der Waals surface area contributed by atoms with E-state index in [4.69, 9.17) is 5.73 Å². The molecule has 1 amide bonds. The van der Waals surface area contributed by atoms with Crippen molar-refractivity contribution in [2.75, 3.05) is 11.1 Å². The second-order valence-electron chi connectivity index (χ2n) is 3.44. The largest absolute Gasteiger partial charge is 0.397 e. The van der Waals surface area contributed by atoms with E-state index in [1.807, 2.05) is 18.2 Å². The van der Waals surface area contributed by atoms with Crippen LogP contribution in [0.25, 0.3) is 0 Å². The molecular weight excluding hydrogens is 329 g/mol. The van der Waals surface area contributed by atoms with Crippen LogP contribution in [0.1, 0.15) is 10.4 Å². The minimum atomic E-state index is -0.164. The Hall–Kier alpha value is -1.63.